The smallest absolute Gasteiger partial charge is 0.228 e. The summed E-state index contributed by atoms with van der Waals surface area (Å²) < 4.78 is 0. The Morgan fingerprint density at radius 2 is 1.73 bits per heavy atom. The predicted molar refractivity (Wildman–Crippen MR) is 154 cm³/mol. The van der Waals surface area contributed by atoms with Crippen LogP contribution in [0.25, 0.3) is 0 Å². The van der Waals surface area contributed by atoms with Crippen LogP contribution in [0.5, 0.6) is 0 Å². The molecule has 0 bridgehead atoms. The zero-order valence-corrected chi connectivity index (χ0v) is 22.2. The molecule has 1 aliphatic rings. The molecule has 196 valence electrons. The first-order chi connectivity index (χ1) is 18.0. The van der Waals surface area contributed by atoms with Crippen molar-refractivity contribution in [2.45, 2.75) is 64.3 Å². The van der Waals surface area contributed by atoms with E-state index in [2.05, 4.69) is 31.5 Å². The van der Waals surface area contributed by atoms with Gasteiger partial charge in [0.05, 0.1) is 6.04 Å². The van der Waals surface area contributed by atoms with Crippen molar-refractivity contribution in [3.05, 3.63) is 103 Å². The number of ketones is 1. The third kappa shape index (κ3) is 7.87. The quantitative estimate of drug-likeness (QED) is 0.281. The second-order valence-corrected chi connectivity index (χ2v) is 10.1. The van der Waals surface area contributed by atoms with Crippen LogP contribution < -0.4 is 11.1 Å². The Morgan fingerprint density at radius 1 is 1.03 bits per heavy atom. The largest absolute Gasteiger partial charge is 0.326 e. The summed E-state index contributed by atoms with van der Waals surface area (Å²) in [6.45, 7) is 10.0. The summed E-state index contributed by atoms with van der Waals surface area (Å²) >= 11 is 0. The fourth-order valence-electron chi connectivity index (χ4n) is 5.61. The van der Waals surface area contributed by atoms with Crippen molar-refractivity contribution in [1.82, 2.24) is 0 Å². The zero-order valence-electron chi connectivity index (χ0n) is 22.2. The lowest BCUT2D eigenvalue weighted by molar-refractivity contribution is -0.130. The molecule has 0 heterocycles. The highest BCUT2D eigenvalue weighted by Gasteiger charge is 2.39. The summed E-state index contributed by atoms with van der Waals surface area (Å²) in [4.78, 5) is 26.6. The van der Waals surface area contributed by atoms with Crippen LogP contribution in [0.3, 0.4) is 0 Å². The van der Waals surface area contributed by atoms with E-state index in [1.165, 1.54) is 5.57 Å². The second kappa shape index (κ2) is 14.5. The van der Waals surface area contributed by atoms with Crippen molar-refractivity contribution < 1.29 is 9.59 Å². The van der Waals surface area contributed by atoms with Crippen LogP contribution in [0.1, 0.15) is 56.6 Å². The van der Waals surface area contributed by atoms with Crippen LogP contribution in [0.15, 0.2) is 91.6 Å². The van der Waals surface area contributed by atoms with Crippen LogP contribution in [0.2, 0.25) is 0 Å². The molecule has 1 amide bonds. The van der Waals surface area contributed by atoms with Crippen LogP contribution in [-0.4, -0.2) is 17.7 Å². The number of nitrogens with two attached hydrogens (primary N) is 1. The van der Waals surface area contributed by atoms with E-state index in [1.807, 2.05) is 66.8 Å². The Morgan fingerprint density at radius 3 is 2.43 bits per heavy atom. The van der Waals surface area contributed by atoms with Crippen LogP contribution in [-0.2, 0) is 22.4 Å². The third-order valence-corrected chi connectivity index (χ3v) is 7.57. The highest BCUT2D eigenvalue weighted by Crippen LogP contribution is 2.35. The number of hydrogen-bond acceptors (Lipinski definition) is 3. The van der Waals surface area contributed by atoms with Gasteiger partial charge in [0.25, 0.3) is 0 Å². The summed E-state index contributed by atoms with van der Waals surface area (Å²) in [7, 11) is 0. The number of anilines is 1. The molecular weight excluding hydrogens is 456 g/mol. The molecule has 1 fully saturated rings. The SMILES string of the molecule is C=C/C=C(\C=C)C(CCC)CCc1ccccc1NC(=O)C1CCCC1C(=O)[C@@H](N)Cc1ccccc1. The maximum Gasteiger partial charge on any atom is 0.228 e. The third-order valence-electron chi connectivity index (χ3n) is 7.57. The summed E-state index contributed by atoms with van der Waals surface area (Å²) in [6, 6.07) is 17.2. The zero-order chi connectivity index (χ0) is 26.6. The van der Waals surface area contributed by atoms with Crippen LogP contribution >= 0.6 is 0 Å². The molecule has 37 heavy (non-hydrogen) atoms. The minimum atomic E-state index is -0.591. The molecule has 0 radical (unpaired) electrons. The van der Waals surface area contributed by atoms with E-state index in [4.69, 9.17) is 5.73 Å². The number of carbonyl (C=O) groups is 2. The number of amides is 1. The van der Waals surface area contributed by atoms with Crippen molar-refractivity contribution in [1.29, 1.82) is 0 Å². The van der Waals surface area contributed by atoms with Gasteiger partial charge in [0, 0.05) is 17.5 Å². The molecule has 2 aromatic rings. The topological polar surface area (TPSA) is 72.2 Å². The molecule has 3 rings (SSSR count). The lowest BCUT2D eigenvalue weighted by Crippen LogP contribution is -2.41. The minimum absolute atomic E-state index is 0.00292. The van der Waals surface area contributed by atoms with E-state index < -0.39 is 6.04 Å². The first-order valence-corrected chi connectivity index (χ1v) is 13.7. The Labute approximate surface area is 222 Å². The molecule has 3 unspecified atom stereocenters. The average molecular weight is 499 g/mol. The number of hydrogen-bond donors (Lipinski definition) is 2. The molecule has 1 saturated carbocycles. The number of para-hydroxylation sites is 1. The molecule has 0 spiro atoms. The Hall–Kier alpha value is -3.24. The lowest BCUT2D eigenvalue weighted by Gasteiger charge is -2.23. The number of nitrogens with one attached hydrogen (secondary N) is 1. The van der Waals surface area contributed by atoms with E-state index in [1.54, 1.807) is 0 Å². The first-order valence-electron chi connectivity index (χ1n) is 13.7. The van der Waals surface area contributed by atoms with E-state index in [9.17, 15) is 9.59 Å². The van der Waals surface area contributed by atoms with E-state index in [-0.39, 0.29) is 23.5 Å². The second-order valence-electron chi connectivity index (χ2n) is 10.1. The first kappa shape index (κ1) is 28.3. The van der Waals surface area contributed by atoms with Gasteiger partial charge in [-0.15, -0.1) is 0 Å². The molecule has 4 nitrogen and oxygen atoms in total. The van der Waals surface area contributed by atoms with Gasteiger partial charge in [0.15, 0.2) is 5.78 Å². The van der Waals surface area contributed by atoms with Crippen molar-refractivity contribution >= 4 is 17.4 Å². The molecule has 0 aliphatic heterocycles. The standard InChI is InChI=1S/C33H42N2O2/c1-4-13-25(6-3)26(14-5-2)21-22-27-17-10-11-20-31(27)35-33(37)29-19-12-18-28(29)32(36)30(34)23-24-15-8-7-9-16-24/h4,6-11,13,15-17,20,26,28-30H,1,3,5,12,14,18-19,21-23,34H2,2H3,(H,35,37)/b25-13+/t26?,28?,29?,30-/m0/s1. The number of aryl methyl sites for hydroxylation is 1. The highest BCUT2D eigenvalue weighted by molar-refractivity contribution is 5.98. The summed E-state index contributed by atoms with van der Waals surface area (Å²) in [5, 5.41) is 3.17. The van der Waals surface area contributed by atoms with Crippen molar-refractivity contribution in [2.24, 2.45) is 23.5 Å². The number of carbonyl (C=O) groups excluding carboxylic acids is 2. The van der Waals surface area contributed by atoms with Gasteiger partial charge in [-0.1, -0.05) is 99.7 Å². The summed E-state index contributed by atoms with van der Waals surface area (Å²) in [5.41, 5.74) is 10.5. The molecule has 1 aliphatic carbocycles. The monoisotopic (exact) mass is 498 g/mol. The Bertz CT molecular complexity index is 1090. The number of allylic oxidation sites excluding steroid dienone is 4. The minimum Gasteiger partial charge on any atom is -0.326 e. The fraction of sp³-hybridized carbons (Fsp3) is 0.394. The van der Waals surface area contributed by atoms with Gasteiger partial charge in [-0.05, 0) is 67.2 Å². The number of Topliss-reactive ketones (excluding diaryl/α,β-unsaturated/α-hetero) is 1. The van der Waals surface area contributed by atoms with Gasteiger partial charge < -0.3 is 11.1 Å². The van der Waals surface area contributed by atoms with Gasteiger partial charge in [-0.3, -0.25) is 9.59 Å². The van der Waals surface area contributed by atoms with Crippen LogP contribution in [0, 0.1) is 17.8 Å². The normalized spacial score (nSPS) is 19.1. The molecule has 4 atom stereocenters. The predicted octanol–water partition coefficient (Wildman–Crippen LogP) is 6.83. The lowest BCUT2D eigenvalue weighted by atomic mass is 9.86. The Kier molecular flexibility index (Phi) is 11.1. The fourth-order valence-corrected chi connectivity index (χ4v) is 5.61. The maximum atomic E-state index is 13.4. The molecule has 4 heteroatoms. The maximum absolute atomic E-state index is 13.4. The molecule has 3 N–H and O–H groups in total. The van der Waals surface area contributed by atoms with E-state index in [0.717, 1.165) is 61.8 Å². The van der Waals surface area contributed by atoms with E-state index in [0.29, 0.717) is 12.3 Å². The molecule has 0 saturated heterocycles. The number of rotatable bonds is 14. The van der Waals surface area contributed by atoms with Gasteiger partial charge >= 0.3 is 0 Å². The van der Waals surface area contributed by atoms with Crippen molar-refractivity contribution in [2.75, 3.05) is 5.32 Å². The van der Waals surface area contributed by atoms with E-state index >= 15 is 0 Å². The van der Waals surface area contributed by atoms with Gasteiger partial charge in [0.1, 0.15) is 0 Å². The highest BCUT2D eigenvalue weighted by atomic mass is 16.2. The average Bonchev–Trinajstić information content (AvgIpc) is 3.41. The molecule has 0 aromatic heterocycles. The van der Waals surface area contributed by atoms with Gasteiger partial charge in [-0.2, -0.15) is 0 Å². The Balaban J connectivity index is 1.67. The summed E-state index contributed by atoms with van der Waals surface area (Å²) in [6.07, 6.45) is 12.6. The van der Waals surface area contributed by atoms with Crippen molar-refractivity contribution in [3.63, 3.8) is 0 Å². The summed E-state index contributed by atoms with van der Waals surface area (Å²) in [5.74, 6) is -0.328. The van der Waals surface area contributed by atoms with Crippen molar-refractivity contribution in [3.8, 4) is 0 Å². The van der Waals surface area contributed by atoms with Crippen LogP contribution in [0.4, 0.5) is 5.69 Å². The molecular formula is C33H42N2O2. The van der Waals surface area contributed by atoms with Gasteiger partial charge in [-0.25, -0.2) is 0 Å². The number of benzene rings is 2. The molecule has 2 aromatic carbocycles. The van der Waals surface area contributed by atoms with Gasteiger partial charge in [0.2, 0.25) is 5.91 Å².